The molecule has 2 N–H and O–H groups in total. The smallest absolute Gasteiger partial charge is 0.306 e. The summed E-state index contributed by atoms with van der Waals surface area (Å²) in [5.41, 5.74) is 0. The first-order valence-corrected chi connectivity index (χ1v) is 6.82. The minimum atomic E-state index is -0.617. The van der Waals surface area contributed by atoms with Gasteiger partial charge in [-0.2, -0.15) is 0 Å². The van der Waals surface area contributed by atoms with Crippen molar-refractivity contribution in [3.63, 3.8) is 0 Å². The maximum Gasteiger partial charge on any atom is 0.306 e. The van der Waals surface area contributed by atoms with E-state index in [0.717, 1.165) is 51.8 Å². The molecule has 4 nitrogen and oxygen atoms in total. The van der Waals surface area contributed by atoms with Gasteiger partial charge in [0, 0.05) is 13.2 Å². The molecule has 0 bridgehead atoms. The maximum atomic E-state index is 11.1. The van der Waals surface area contributed by atoms with Gasteiger partial charge >= 0.3 is 5.97 Å². The van der Waals surface area contributed by atoms with E-state index in [2.05, 4.69) is 5.32 Å². The number of hydrogen-bond acceptors (Lipinski definition) is 3. The highest BCUT2D eigenvalue weighted by molar-refractivity contribution is 5.70. The molecule has 1 aliphatic carbocycles. The quantitative estimate of drug-likeness (QED) is 0.768. The number of nitrogens with one attached hydrogen (secondary N) is 1. The zero-order valence-corrected chi connectivity index (χ0v) is 10.4. The second-order valence-corrected chi connectivity index (χ2v) is 5.28. The lowest BCUT2D eigenvalue weighted by Crippen LogP contribution is -2.37. The molecule has 2 rings (SSSR count). The summed E-state index contributed by atoms with van der Waals surface area (Å²) in [5, 5.41) is 12.6. The van der Waals surface area contributed by atoms with Gasteiger partial charge in [-0.1, -0.05) is 12.8 Å². The van der Waals surface area contributed by atoms with Crippen molar-refractivity contribution in [3.8, 4) is 0 Å². The van der Waals surface area contributed by atoms with Gasteiger partial charge in [0.25, 0.3) is 0 Å². The number of carboxylic acid groups (broad SMARTS) is 1. The predicted molar refractivity (Wildman–Crippen MR) is 64.9 cm³/mol. The van der Waals surface area contributed by atoms with Crippen LogP contribution >= 0.6 is 0 Å². The highest BCUT2D eigenvalue weighted by Gasteiger charge is 2.30. The van der Waals surface area contributed by atoms with Crippen LogP contribution in [0.4, 0.5) is 0 Å². The van der Waals surface area contributed by atoms with Crippen LogP contribution in [0.5, 0.6) is 0 Å². The molecule has 1 saturated carbocycles. The molecule has 2 fully saturated rings. The van der Waals surface area contributed by atoms with E-state index in [0.29, 0.717) is 12.0 Å². The fourth-order valence-electron chi connectivity index (χ4n) is 3.01. The third kappa shape index (κ3) is 3.68. The summed E-state index contributed by atoms with van der Waals surface area (Å²) in [5.74, 6) is -0.447. The van der Waals surface area contributed by atoms with Crippen molar-refractivity contribution in [2.75, 3.05) is 19.7 Å². The van der Waals surface area contributed by atoms with Gasteiger partial charge in [-0.3, -0.25) is 4.79 Å². The van der Waals surface area contributed by atoms with Crippen molar-refractivity contribution in [2.24, 2.45) is 11.8 Å². The average Bonchev–Trinajstić information content (AvgIpc) is 2.82. The van der Waals surface area contributed by atoms with E-state index < -0.39 is 5.97 Å². The topological polar surface area (TPSA) is 58.6 Å². The highest BCUT2D eigenvalue weighted by Crippen LogP contribution is 2.29. The Kier molecular flexibility index (Phi) is 4.80. The minimum Gasteiger partial charge on any atom is -0.481 e. The Hall–Kier alpha value is -0.610. The number of aliphatic carboxylic acids is 1. The zero-order valence-electron chi connectivity index (χ0n) is 10.4. The summed E-state index contributed by atoms with van der Waals surface area (Å²) in [6, 6.07) is 0. The summed E-state index contributed by atoms with van der Waals surface area (Å²) in [7, 11) is 0. The predicted octanol–water partition coefficient (Wildman–Crippen LogP) is 1.65. The first-order valence-electron chi connectivity index (χ1n) is 6.82. The Bertz CT molecular complexity index is 251. The van der Waals surface area contributed by atoms with Crippen LogP contribution in [0.15, 0.2) is 0 Å². The van der Waals surface area contributed by atoms with Crippen molar-refractivity contribution in [1.29, 1.82) is 0 Å². The van der Waals surface area contributed by atoms with Crippen molar-refractivity contribution in [2.45, 2.75) is 44.6 Å². The van der Waals surface area contributed by atoms with Gasteiger partial charge < -0.3 is 15.2 Å². The van der Waals surface area contributed by atoms with Crippen LogP contribution in [0.1, 0.15) is 38.5 Å². The van der Waals surface area contributed by atoms with Gasteiger partial charge in [0.2, 0.25) is 0 Å². The first-order chi connectivity index (χ1) is 8.27. The molecule has 4 heteroatoms. The molecule has 0 aromatic heterocycles. The number of carboxylic acids is 1. The molecule has 1 heterocycles. The summed E-state index contributed by atoms with van der Waals surface area (Å²) in [6.07, 6.45) is 6.79. The number of rotatable bonds is 5. The van der Waals surface area contributed by atoms with E-state index in [9.17, 15) is 4.79 Å². The monoisotopic (exact) mass is 241 g/mol. The standard InChI is InChI=1S/C13H23NO3/c15-13(16)12-6-2-1-4-10(12)8-14-9-11-5-3-7-17-11/h10-12,14H,1-9H2,(H,15,16). The van der Waals surface area contributed by atoms with Gasteiger partial charge in [0.05, 0.1) is 12.0 Å². The normalized spacial score (nSPS) is 33.8. The molecule has 3 atom stereocenters. The Balaban J connectivity index is 1.70. The summed E-state index contributed by atoms with van der Waals surface area (Å²) >= 11 is 0. The van der Waals surface area contributed by atoms with Crippen LogP contribution < -0.4 is 5.32 Å². The van der Waals surface area contributed by atoms with Crippen LogP contribution in [0.2, 0.25) is 0 Å². The lowest BCUT2D eigenvalue weighted by Gasteiger charge is -2.29. The molecule has 0 amide bonds. The third-order valence-corrected chi connectivity index (χ3v) is 4.03. The first kappa shape index (κ1) is 12.8. The van der Waals surface area contributed by atoms with E-state index in [1.54, 1.807) is 0 Å². The molecule has 3 unspecified atom stereocenters. The van der Waals surface area contributed by atoms with Gasteiger partial charge in [-0.25, -0.2) is 0 Å². The van der Waals surface area contributed by atoms with Crippen LogP contribution in [0.25, 0.3) is 0 Å². The average molecular weight is 241 g/mol. The van der Waals surface area contributed by atoms with Crippen molar-refractivity contribution in [1.82, 2.24) is 5.32 Å². The molecular weight excluding hydrogens is 218 g/mol. The fourth-order valence-corrected chi connectivity index (χ4v) is 3.01. The summed E-state index contributed by atoms with van der Waals surface area (Å²) in [6.45, 7) is 2.59. The zero-order chi connectivity index (χ0) is 12.1. The molecule has 17 heavy (non-hydrogen) atoms. The van der Waals surface area contributed by atoms with E-state index in [4.69, 9.17) is 9.84 Å². The maximum absolute atomic E-state index is 11.1. The van der Waals surface area contributed by atoms with Gasteiger partial charge in [0.15, 0.2) is 0 Å². The summed E-state index contributed by atoms with van der Waals surface area (Å²) in [4.78, 5) is 11.1. The Morgan fingerprint density at radius 1 is 1.18 bits per heavy atom. The number of ether oxygens (including phenoxy) is 1. The van der Waals surface area contributed by atoms with E-state index >= 15 is 0 Å². The van der Waals surface area contributed by atoms with Crippen molar-refractivity contribution < 1.29 is 14.6 Å². The lowest BCUT2D eigenvalue weighted by atomic mass is 9.79. The molecule has 1 aliphatic heterocycles. The molecule has 2 aliphatic rings. The van der Waals surface area contributed by atoms with Crippen LogP contribution in [-0.4, -0.2) is 36.9 Å². The molecule has 98 valence electrons. The van der Waals surface area contributed by atoms with Crippen LogP contribution in [0.3, 0.4) is 0 Å². The van der Waals surface area contributed by atoms with E-state index in [-0.39, 0.29) is 5.92 Å². The molecule has 0 radical (unpaired) electrons. The Morgan fingerprint density at radius 2 is 2.00 bits per heavy atom. The van der Waals surface area contributed by atoms with Gasteiger partial charge in [-0.15, -0.1) is 0 Å². The third-order valence-electron chi connectivity index (χ3n) is 4.03. The molecular formula is C13H23NO3. The highest BCUT2D eigenvalue weighted by atomic mass is 16.5. The van der Waals surface area contributed by atoms with Crippen molar-refractivity contribution in [3.05, 3.63) is 0 Å². The molecule has 0 aromatic rings. The van der Waals surface area contributed by atoms with E-state index in [1.807, 2.05) is 0 Å². The second kappa shape index (κ2) is 6.36. The van der Waals surface area contributed by atoms with Crippen molar-refractivity contribution >= 4 is 5.97 Å². The number of hydrogen-bond donors (Lipinski definition) is 2. The molecule has 0 spiro atoms. The largest absolute Gasteiger partial charge is 0.481 e. The second-order valence-electron chi connectivity index (χ2n) is 5.28. The Labute approximate surface area is 103 Å². The van der Waals surface area contributed by atoms with E-state index in [1.165, 1.54) is 6.42 Å². The molecule has 0 aromatic carbocycles. The summed E-state index contributed by atoms with van der Waals surface area (Å²) < 4.78 is 5.54. The minimum absolute atomic E-state index is 0.138. The van der Waals surface area contributed by atoms with Crippen LogP contribution in [0, 0.1) is 11.8 Å². The Morgan fingerprint density at radius 3 is 2.71 bits per heavy atom. The van der Waals surface area contributed by atoms with Gasteiger partial charge in [0.1, 0.15) is 0 Å². The number of carbonyl (C=O) groups is 1. The molecule has 1 saturated heterocycles. The van der Waals surface area contributed by atoms with Gasteiger partial charge in [-0.05, 0) is 38.1 Å². The van der Waals surface area contributed by atoms with Crippen LogP contribution in [-0.2, 0) is 9.53 Å². The SMILES string of the molecule is O=C(O)C1CCCCC1CNCC1CCCO1. The fraction of sp³-hybridized carbons (Fsp3) is 0.923. The lowest BCUT2D eigenvalue weighted by molar-refractivity contribution is -0.144.